The zero-order valence-corrected chi connectivity index (χ0v) is 17.6. The predicted molar refractivity (Wildman–Crippen MR) is 111 cm³/mol. The van der Waals surface area contributed by atoms with Gasteiger partial charge in [-0.3, -0.25) is 14.5 Å². The Kier molecular flexibility index (Phi) is 6.21. The quantitative estimate of drug-likeness (QED) is 0.513. The fraction of sp³-hybridized carbons (Fsp3) is 0.389. The van der Waals surface area contributed by atoms with Gasteiger partial charge in [0.25, 0.3) is 5.91 Å². The summed E-state index contributed by atoms with van der Waals surface area (Å²) in [4.78, 5) is 28.1. The first-order valence-corrected chi connectivity index (χ1v) is 11.7. The van der Waals surface area contributed by atoms with Crippen molar-refractivity contribution < 1.29 is 22.4 Å². The highest BCUT2D eigenvalue weighted by Crippen LogP contribution is 2.33. The van der Waals surface area contributed by atoms with E-state index in [4.69, 9.17) is 12.2 Å². The van der Waals surface area contributed by atoms with Gasteiger partial charge in [-0.2, -0.15) is 0 Å². The minimum Gasteiger partial charge on any atom is -0.342 e. The summed E-state index contributed by atoms with van der Waals surface area (Å²) in [5.74, 6) is -0.977. The van der Waals surface area contributed by atoms with Crippen molar-refractivity contribution in [1.29, 1.82) is 0 Å². The molecule has 28 heavy (non-hydrogen) atoms. The minimum atomic E-state index is -3.08. The van der Waals surface area contributed by atoms with Crippen molar-refractivity contribution >= 4 is 56.0 Å². The van der Waals surface area contributed by atoms with E-state index in [0.29, 0.717) is 21.2 Å². The van der Waals surface area contributed by atoms with Crippen molar-refractivity contribution in [3.8, 4) is 0 Å². The lowest BCUT2D eigenvalue weighted by Gasteiger charge is -2.24. The molecule has 1 aromatic carbocycles. The first-order valence-electron chi connectivity index (χ1n) is 8.64. The van der Waals surface area contributed by atoms with Crippen LogP contribution < -0.4 is 0 Å². The minimum absolute atomic E-state index is 0.0261. The molecule has 150 valence electrons. The molecule has 2 aliphatic rings. The van der Waals surface area contributed by atoms with Gasteiger partial charge < -0.3 is 4.90 Å². The van der Waals surface area contributed by atoms with E-state index in [0.717, 1.165) is 11.8 Å². The second-order valence-corrected chi connectivity index (χ2v) is 10.6. The SMILES string of the molecule is CN(C(=O)CCN1C(=O)/C(=C/c2ccccc2F)SC1=S)[C@@H]1CCS(=O)(=O)C1. The number of hydrogen-bond acceptors (Lipinski definition) is 6. The molecule has 0 saturated carbocycles. The van der Waals surface area contributed by atoms with Gasteiger partial charge in [0.05, 0.1) is 16.4 Å². The Morgan fingerprint density at radius 3 is 2.79 bits per heavy atom. The van der Waals surface area contributed by atoms with Crippen LogP contribution in [0.15, 0.2) is 29.2 Å². The largest absolute Gasteiger partial charge is 0.342 e. The van der Waals surface area contributed by atoms with E-state index in [1.807, 2.05) is 0 Å². The van der Waals surface area contributed by atoms with Gasteiger partial charge in [-0.25, -0.2) is 12.8 Å². The number of hydrogen-bond donors (Lipinski definition) is 0. The molecule has 2 amide bonds. The number of rotatable bonds is 5. The number of carbonyl (C=O) groups excluding carboxylic acids is 2. The Hall–Kier alpha value is -1.78. The van der Waals surface area contributed by atoms with E-state index in [1.165, 1.54) is 21.9 Å². The average Bonchev–Trinajstić information content (AvgIpc) is 3.13. The molecule has 0 radical (unpaired) electrons. The summed E-state index contributed by atoms with van der Waals surface area (Å²) in [5.41, 5.74) is 0.293. The van der Waals surface area contributed by atoms with Gasteiger partial charge in [-0.1, -0.05) is 42.2 Å². The smallest absolute Gasteiger partial charge is 0.266 e. The van der Waals surface area contributed by atoms with Gasteiger partial charge in [0, 0.05) is 31.6 Å². The van der Waals surface area contributed by atoms with Crippen molar-refractivity contribution in [3.63, 3.8) is 0 Å². The lowest BCUT2D eigenvalue weighted by atomic mass is 10.2. The van der Waals surface area contributed by atoms with Gasteiger partial charge in [0.2, 0.25) is 5.91 Å². The molecule has 1 atom stereocenters. The molecule has 2 heterocycles. The Morgan fingerprint density at radius 1 is 1.43 bits per heavy atom. The van der Waals surface area contributed by atoms with E-state index in [2.05, 4.69) is 0 Å². The Labute approximate surface area is 172 Å². The second kappa shape index (κ2) is 8.30. The van der Waals surface area contributed by atoms with Crippen LogP contribution in [0.3, 0.4) is 0 Å². The molecule has 0 unspecified atom stereocenters. The van der Waals surface area contributed by atoms with Crippen molar-refractivity contribution in [2.45, 2.75) is 18.9 Å². The van der Waals surface area contributed by atoms with E-state index < -0.39 is 15.7 Å². The third kappa shape index (κ3) is 4.61. The van der Waals surface area contributed by atoms with Gasteiger partial charge in [-0.05, 0) is 18.6 Å². The number of benzene rings is 1. The molecule has 0 spiro atoms. The number of amides is 2. The van der Waals surface area contributed by atoms with Crippen LogP contribution in [0.4, 0.5) is 4.39 Å². The molecule has 2 fully saturated rings. The number of sulfone groups is 1. The highest BCUT2D eigenvalue weighted by molar-refractivity contribution is 8.26. The second-order valence-electron chi connectivity index (χ2n) is 6.67. The molecule has 1 aromatic rings. The van der Waals surface area contributed by atoms with Crippen LogP contribution in [-0.2, 0) is 19.4 Å². The van der Waals surface area contributed by atoms with Crippen molar-refractivity contribution in [3.05, 3.63) is 40.6 Å². The lowest BCUT2D eigenvalue weighted by Crippen LogP contribution is -2.40. The molecule has 10 heteroatoms. The average molecular weight is 443 g/mol. The summed E-state index contributed by atoms with van der Waals surface area (Å²) in [6, 6.07) is 5.79. The summed E-state index contributed by atoms with van der Waals surface area (Å²) in [6.07, 6.45) is 1.91. The van der Waals surface area contributed by atoms with Crippen LogP contribution >= 0.6 is 24.0 Å². The summed E-state index contributed by atoms with van der Waals surface area (Å²) < 4.78 is 37.3. The van der Waals surface area contributed by atoms with E-state index in [-0.39, 0.29) is 42.3 Å². The van der Waals surface area contributed by atoms with E-state index >= 15 is 0 Å². The van der Waals surface area contributed by atoms with Crippen LogP contribution in [-0.4, -0.2) is 65.5 Å². The van der Waals surface area contributed by atoms with Gasteiger partial charge >= 0.3 is 0 Å². The molecule has 0 aromatic heterocycles. The third-order valence-electron chi connectivity index (χ3n) is 4.76. The van der Waals surface area contributed by atoms with Crippen molar-refractivity contribution in [1.82, 2.24) is 9.80 Å². The lowest BCUT2D eigenvalue weighted by molar-refractivity contribution is -0.132. The topological polar surface area (TPSA) is 74.8 Å². The van der Waals surface area contributed by atoms with Gasteiger partial charge in [-0.15, -0.1) is 0 Å². The normalized spacial score (nSPS) is 22.9. The van der Waals surface area contributed by atoms with Crippen LogP contribution in [0.25, 0.3) is 6.08 Å². The van der Waals surface area contributed by atoms with Crippen LogP contribution in [0, 0.1) is 5.82 Å². The molecule has 2 saturated heterocycles. The monoisotopic (exact) mass is 442 g/mol. The highest BCUT2D eigenvalue weighted by atomic mass is 32.2. The standard InChI is InChI=1S/C18H19FN2O4S3/c1-20(13-7-9-28(24,25)11-13)16(22)6-8-21-17(23)15(27-18(21)26)10-12-4-2-3-5-14(12)19/h2-5,10,13H,6-9,11H2,1H3/b15-10-/t13-/m1/s1. The third-order valence-corrected chi connectivity index (χ3v) is 7.89. The summed E-state index contributed by atoms with van der Waals surface area (Å²) >= 11 is 6.30. The molecule has 0 N–H and O–H groups in total. The highest BCUT2D eigenvalue weighted by Gasteiger charge is 2.35. The molecular formula is C18H19FN2O4S3. The summed E-state index contributed by atoms with van der Waals surface area (Å²) in [5, 5.41) is 0. The first-order chi connectivity index (χ1) is 13.2. The molecule has 0 bridgehead atoms. The van der Waals surface area contributed by atoms with Gasteiger partial charge in [0.1, 0.15) is 10.1 Å². The Morgan fingerprint density at radius 2 is 2.14 bits per heavy atom. The van der Waals surface area contributed by atoms with E-state index in [9.17, 15) is 22.4 Å². The summed E-state index contributed by atoms with van der Waals surface area (Å²) in [6.45, 7) is 0.0991. The number of thiocarbonyl (C=S) groups is 1. The van der Waals surface area contributed by atoms with Crippen molar-refractivity contribution in [2.24, 2.45) is 0 Å². The predicted octanol–water partition coefficient (Wildman–Crippen LogP) is 2.06. The maximum absolute atomic E-state index is 13.8. The Balaban J connectivity index is 1.62. The van der Waals surface area contributed by atoms with Crippen LogP contribution in [0.1, 0.15) is 18.4 Å². The Bertz CT molecular complexity index is 961. The first kappa shape index (κ1) is 20.9. The summed E-state index contributed by atoms with van der Waals surface area (Å²) in [7, 11) is -1.50. The number of nitrogens with zero attached hydrogens (tertiary/aromatic N) is 2. The molecule has 2 aliphatic heterocycles. The maximum atomic E-state index is 13.8. The fourth-order valence-corrected chi connectivity index (χ4v) is 6.17. The van der Waals surface area contributed by atoms with Crippen LogP contribution in [0.5, 0.6) is 0 Å². The fourth-order valence-electron chi connectivity index (χ4n) is 3.09. The van der Waals surface area contributed by atoms with E-state index in [1.54, 1.807) is 25.2 Å². The molecular weight excluding hydrogens is 423 g/mol. The maximum Gasteiger partial charge on any atom is 0.266 e. The zero-order valence-electron chi connectivity index (χ0n) is 15.1. The van der Waals surface area contributed by atoms with Gasteiger partial charge in [0.15, 0.2) is 9.84 Å². The number of thioether (sulfide) groups is 1. The van der Waals surface area contributed by atoms with Crippen molar-refractivity contribution in [2.75, 3.05) is 25.1 Å². The number of carbonyl (C=O) groups is 2. The zero-order chi connectivity index (χ0) is 20.5. The molecule has 0 aliphatic carbocycles. The van der Waals surface area contributed by atoms with Crippen LogP contribution in [0.2, 0.25) is 0 Å². The number of halogens is 1. The molecule has 3 rings (SSSR count). The molecule has 6 nitrogen and oxygen atoms in total.